The Balaban J connectivity index is 5.00. The minimum atomic E-state index is -2.32. The number of unbranched alkanes of at least 4 members (excludes halogenated alkanes) is 18. The molecule has 2 unspecified atom stereocenters. The topological polar surface area (TPSA) is 36.9 Å². The quantitative estimate of drug-likeness (QED) is 0.0346. The van der Waals surface area contributed by atoms with Crippen LogP contribution in [0.3, 0.4) is 0 Å². The molecule has 0 saturated carbocycles. The molecule has 0 bridgehead atoms. The van der Waals surface area contributed by atoms with Crippen molar-refractivity contribution in [2.24, 2.45) is 0 Å². The molecule has 0 saturated heterocycles. The summed E-state index contributed by atoms with van der Waals surface area (Å²) in [5, 5.41) is 0. The van der Waals surface area contributed by atoms with E-state index in [2.05, 4.69) is 55.4 Å². The van der Waals surface area contributed by atoms with E-state index in [4.69, 9.17) is 17.7 Å². The predicted molar refractivity (Wildman–Crippen MR) is 230 cm³/mol. The third-order valence-corrected chi connectivity index (χ3v) is 28.0. The van der Waals surface area contributed by atoms with Gasteiger partial charge in [0.05, 0.1) is 9.75 Å². The van der Waals surface area contributed by atoms with Crippen LogP contribution in [-0.4, -0.2) is 53.3 Å². The minimum Gasteiger partial charge on any atom is -0.394 e. The van der Waals surface area contributed by atoms with Crippen LogP contribution in [0.1, 0.15) is 197 Å². The second kappa shape index (κ2) is 35.7. The summed E-state index contributed by atoms with van der Waals surface area (Å²) in [6.45, 7) is 20.9. The van der Waals surface area contributed by atoms with Crippen LogP contribution in [0, 0.1) is 0 Å². The molecule has 0 aliphatic carbocycles. The summed E-state index contributed by atoms with van der Waals surface area (Å²) in [7, 11) is 3.28. The lowest BCUT2D eigenvalue weighted by atomic mass is 10.1. The van der Waals surface area contributed by atoms with Crippen molar-refractivity contribution in [2.75, 3.05) is 26.4 Å². The van der Waals surface area contributed by atoms with Gasteiger partial charge < -0.3 is 17.7 Å². The molecule has 10 heteroatoms. The Bertz CT molecular complexity index is 602. The lowest BCUT2D eigenvalue weighted by Gasteiger charge is -2.37. The Morgan fingerprint density at radius 1 is 0.354 bits per heavy atom. The first-order valence-electron chi connectivity index (χ1n) is 20.7. The maximum Gasteiger partial charge on any atom is 0.352 e. The molecular formula is C38H82O4S4Si2. The van der Waals surface area contributed by atoms with Crippen molar-refractivity contribution in [1.82, 2.24) is 0 Å². The maximum absolute atomic E-state index is 6.66. The first kappa shape index (κ1) is 49.7. The third kappa shape index (κ3) is 23.4. The van der Waals surface area contributed by atoms with Gasteiger partial charge in [0.15, 0.2) is 0 Å². The normalized spacial score (nSPS) is 13.8. The molecule has 290 valence electrons. The number of hydrogen-bond donors (Lipinski definition) is 0. The monoisotopic (exact) mass is 786 g/mol. The average Bonchev–Trinajstić information content (AvgIpc) is 3.08. The summed E-state index contributed by atoms with van der Waals surface area (Å²) >= 11 is 0. The van der Waals surface area contributed by atoms with Crippen LogP contribution in [0.4, 0.5) is 0 Å². The van der Waals surface area contributed by atoms with Gasteiger partial charge in [0.2, 0.25) is 0 Å². The molecule has 0 aliphatic rings. The van der Waals surface area contributed by atoms with Crippen molar-refractivity contribution in [1.29, 1.82) is 0 Å². The first-order valence-corrected chi connectivity index (χ1v) is 29.8. The maximum atomic E-state index is 6.66. The number of hydrogen-bond acceptors (Lipinski definition) is 8. The largest absolute Gasteiger partial charge is 0.394 e. The van der Waals surface area contributed by atoms with E-state index >= 15 is 0 Å². The Hall–Kier alpha value is 1.67. The van der Waals surface area contributed by atoms with Gasteiger partial charge in [0.25, 0.3) is 0 Å². The fourth-order valence-corrected chi connectivity index (χ4v) is 27.2. The van der Waals surface area contributed by atoms with Gasteiger partial charge in [-0.25, -0.2) is 0 Å². The Labute approximate surface area is 319 Å². The molecule has 0 radical (unpaired) electrons. The van der Waals surface area contributed by atoms with E-state index in [-0.39, 0.29) is 0 Å². The summed E-state index contributed by atoms with van der Waals surface area (Å²) in [4.78, 5) is 0.864. The van der Waals surface area contributed by atoms with Crippen molar-refractivity contribution < 1.29 is 17.7 Å². The SMILES string of the molecule is CCCCCCCCCCCC[Si](OCC)(OCC)C(CC)SSSSC(CC)[Si](CCCCCCCCCCCC)(OCC)OCC. The Morgan fingerprint density at radius 3 is 0.833 bits per heavy atom. The zero-order valence-electron chi connectivity index (χ0n) is 33.2. The van der Waals surface area contributed by atoms with Crippen molar-refractivity contribution in [3.63, 3.8) is 0 Å². The van der Waals surface area contributed by atoms with Gasteiger partial charge in [-0.1, -0.05) is 178 Å². The molecule has 0 aromatic carbocycles. The van der Waals surface area contributed by atoms with Crippen LogP contribution < -0.4 is 0 Å². The van der Waals surface area contributed by atoms with E-state index < -0.39 is 17.1 Å². The van der Waals surface area contributed by atoms with Gasteiger partial charge in [-0.3, -0.25) is 0 Å². The fraction of sp³-hybridized carbons (Fsp3) is 1.00. The Kier molecular flexibility index (Phi) is 36.9. The van der Waals surface area contributed by atoms with Crippen LogP contribution in [0.5, 0.6) is 0 Å². The van der Waals surface area contributed by atoms with E-state index in [0.29, 0.717) is 9.75 Å². The highest BCUT2D eigenvalue weighted by molar-refractivity contribution is 9.26. The van der Waals surface area contributed by atoms with Crippen molar-refractivity contribution in [3.05, 3.63) is 0 Å². The molecule has 0 aliphatic heterocycles. The van der Waals surface area contributed by atoms with Gasteiger partial charge in [-0.05, 0) is 72.3 Å². The molecule has 0 spiro atoms. The highest BCUT2D eigenvalue weighted by Crippen LogP contribution is 2.52. The van der Waals surface area contributed by atoms with Crippen LogP contribution >= 0.6 is 41.2 Å². The van der Waals surface area contributed by atoms with Gasteiger partial charge in [-0.15, -0.1) is 0 Å². The molecule has 0 N–H and O–H groups in total. The Morgan fingerprint density at radius 2 is 0.604 bits per heavy atom. The van der Waals surface area contributed by atoms with E-state index in [9.17, 15) is 0 Å². The van der Waals surface area contributed by atoms with Crippen LogP contribution in [0.15, 0.2) is 0 Å². The second-order valence-corrected chi connectivity index (χ2v) is 27.2. The summed E-state index contributed by atoms with van der Waals surface area (Å²) in [6, 6.07) is 2.24. The van der Waals surface area contributed by atoms with E-state index in [0.717, 1.165) is 51.4 Å². The van der Waals surface area contributed by atoms with Crippen molar-refractivity contribution >= 4 is 58.4 Å². The van der Waals surface area contributed by atoms with E-state index in [1.54, 1.807) is 0 Å². The van der Waals surface area contributed by atoms with Gasteiger partial charge in [0, 0.05) is 26.4 Å². The van der Waals surface area contributed by atoms with Crippen LogP contribution in [0.25, 0.3) is 0 Å². The summed E-state index contributed by atoms with van der Waals surface area (Å²) in [6.07, 6.45) is 29.5. The summed E-state index contributed by atoms with van der Waals surface area (Å²) in [5.74, 6) is 0. The average molecular weight is 788 g/mol. The predicted octanol–water partition coefficient (Wildman–Crippen LogP) is 15.2. The lowest BCUT2D eigenvalue weighted by Crippen LogP contribution is -2.52. The second-order valence-electron chi connectivity index (χ2n) is 13.3. The first-order chi connectivity index (χ1) is 23.5. The summed E-state index contributed by atoms with van der Waals surface area (Å²) in [5.41, 5.74) is 0. The molecule has 48 heavy (non-hydrogen) atoms. The van der Waals surface area contributed by atoms with Gasteiger partial charge in [0.1, 0.15) is 0 Å². The van der Waals surface area contributed by atoms with Gasteiger partial charge in [-0.2, -0.15) is 0 Å². The summed E-state index contributed by atoms with van der Waals surface area (Å²) < 4.78 is 26.6. The molecule has 0 rings (SSSR count). The molecule has 0 heterocycles. The third-order valence-electron chi connectivity index (χ3n) is 9.37. The van der Waals surface area contributed by atoms with Crippen LogP contribution in [-0.2, 0) is 17.7 Å². The molecule has 0 amide bonds. The molecular weight excluding hydrogens is 705 g/mol. The zero-order valence-corrected chi connectivity index (χ0v) is 38.5. The van der Waals surface area contributed by atoms with Crippen molar-refractivity contribution in [3.8, 4) is 0 Å². The van der Waals surface area contributed by atoms with E-state index in [1.807, 2.05) is 41.2 Å². The van der Waals surface area contributed by atoms with Gasteiger partial charge >= 0.3 is 17.1 Å². The minimum absolute atomic E-state index is 0.432. The fourth-order valence-electron chi connectivity index (χ4n) is 6.79. The molecule has 4 nitrogen and oxygen atoms in total. The van der Waals surface area contributed by atoms with Crippen molar-refractivity contribution in [2.45, 2.75) is 218 Å². The zero-order chi connectivity index (χ0) is 35.6. The molecule has 0 aromatic rings. The highest BCUT2D eigenvalue weighted by Gasteiger charge is 2.47. The molecule has 0 fully saturated rings. The molecule has 2 atom stereocenters. The standard InChI is InChI=1S/C38H82O4S4Si2/c1-9-17-19-21-23-25-27-29-31-33-35-47(39-13-5,40-14-6)37(11-3)43-45-46-44-38(12-4)48(41-15-7,42-16-8)36-34-32-30-28-26-24-22-20-18-10-2/h37-38H,9-36H2,1-8H3. The highest BCUT2D eigenvalue weighted by atomic mass is 33.7. The lowest BCUT2D eigenvalue weighted by molar-refractivity contribution is 0.178. The van der Waals surface area contributed by atoms with E-state index in [1.165, 1.54) is 128 Å². The van der Waals surface area contributed by atoms with Crippen LogP contribution in [0.2, 0.25) is 12.1 Å². The molecule has 0 aromatic heterocycles. The smallest absolute Gasteiger partial charge is 0.352 e. The number of rotatable bonds is 39.